The second-order valence-corrected chi connectivity index (χ2v) is 6.01. The van der Waals surface area contributed by atoms with E-state index in [0.717, 1.165) is 25.1 Å². The van der Waals surface area contributed by atoms with Crippen LogP contribution in [0, 0.1) is 0 Å². The molecular formula is C16H24N2O2. The van der Waals surface area contributed by atoms with Gasteiger partial charge in [0, 0.05) is 24.7 Å². The first-order valence-electron chi connectivity index (χ1n) is 6.83. The fraction of sp³-hybridized carbons (Fsp3) is 0.500. The quantitative estimate of drug-likeness (QED) is 0.638. The summed E-state index contributed by atoms with van der Waals surface area (Å²) >= 11 is 0. The Hall–Kier alpha value is -1.84. The maximum atomic E-state index is 11.3. The number of aromatic carboxylic acids is 1. The van der Waals surface area contributed by atoms with E-state index in [4.69, 9.17) is 0 Å². The molecule has 0 spiro atoms. The number of carbonyl (C=O) groups is 1. The topological polar surface area (TPSA) is 53.4 Å². The van der Waals surface area contributed by atoms with E-state index in [9.17, 15) is 9.90 Å². The highest BCUT2D eigenvalue weighted by Crippen LogP contribution is 2.24. The van der Waals surface area contributed by atoms with Gasteiger partial charge in [-0.3, -0.25) is 0 Å². The Bertz CT molecular complexity index is 490. The number of hydrogen-bond acceptors (Lipinski definition) is 3. The van der Waals surface area contributed by atoms with Crippen molar-refractivity contribution in [1.82, 2.24) is 4.98 Å². The molecule has 0 aliphatic carbocycles. The third-order valence-electron chi connectivity index (χ3n) is 3.12. The first-order valence-corrected chi connectivity index (χ1v) is 6.83. The molecule has 0 aliphatic heterocycles. The minimum atomic E-state index is -0.918. The summed E-state index contributed by atoms with van der Waals surface area (Å²) < 4.78 is 0. The van der Waals surface area contributed by atoms with Crippen LogP contribution in [0.25, 0.3) is 0 Å². The predicted molar refractivity (Wildman–Crippen MR) is 82.6 cm³/mol. The van der Waals surface area contributed by atoms with Crippen molar-refractivity contribution >= 4 is 11.8 Å². The number of rotatable bonds is 6. The lowest BCUT2D eigenvalue weighted by molar-refractivity contribution is 0.0696. The number of hydrogen-bond donors (Lipinski definition) is 1. The normalized spacial score (nSPS) is 11.2. The Balaban J connectivity index is 3.08. The molecule has 110 valence electrons. The number of carboxylic acids is 1. The molecule has 0 radical (unpaired) electrons. The zero-order valence-corrected chi connectivity index (χ0v) is 12.8. The third-order valence-corrected chi connectivity index (χ3v) is 3.12. The maximum Gasteiger partial charge on any atom is 0.335 e. The SMILES string of the molecule is C=CCCCN(C)c1cc(C(=O)O)cc(C(C)(C)C)n1. The van der Waals surface area contributed by atoms with Gasteiger partial charge in [-0.1, -0.05) is 26.8 Å². The minimum absolute atomic E-state index is 0.178. The molecule has 0 aromatic carbocycles. The molecule has 20 heavy (non-hydrogen) atoms. The molecule has 1 rings (SSSR count). The van der Waals surface area contributed by atoms with E-state index in [1.54, 1.807) is 12.1 Å². The van der Waals surface area contributed by atoms with Crippen LogP contribution in [0.3, 0.4) is 0 Å². The van der Waals surface area contributed by atoms with Crippen LogP contribution < -0.4 is 4.90 Å². The van der Waals surface area contributed by atoms with Crippen LogP contribution >= 0.6 is 0 Å². The van der Waals surface area contributed by atoms with E-state index in [1.165, 1.54) is 0 Å². The smallest absolute Gasteiger partial charge is 0.335 e. The summed E-state index contributed by atoms with van der Waals surface area (Å²) in [6.07, 6.45) is 3.80. The Kier molecular flexibility index (Phi) is 5.31. The highest BCUT2D eigenvalue weighted by Gasteiger charge is 2.20. The Morgan fingerprint density at radius 2 is 2.10 bits per heavy atom. The monoisotopic (exact) mass is 276 g/mol. The highest BCUT2D eigenvalue weighted by molar-refractivity contribution is 5.88. The fourth-order valence-electron chi connectivity index (χ4n) is 1.81. The number of allylic oxidation sites excluding steroid dienone is 1. The average molecular weight is 276 g/mol. The van der Waals surface area contributed by atoms with Gasteiger partial charge in [0.25, 0.3) is 0 Å². The second-order valence-electron chi connectivity index (χ2n) is 6.01. The van der Waals surface area contributed by atoms with Gasteiger partial charge in [0.05, 0.1) is 5.56 Å². The first-order chi connectivity index (χ1) is 9.25. The van der Waals surface area contributed by atoms with E-state index in [0.29, 0.717) is 5.82 Å². The van der Waals surface area contributed by atoms with Crippen LogP contribution in [0.2, 0.25) is 0 Å². The molecule has 0 saturated carbocycles. The van der Waals surface area contributed by atoms with E-state index in [2.05, 4.69) is 11.6 Å². The molecule has 0 fully saturated rings. The van der Waals surface area contributed by atoms with E-state index < -0.39 is 5.97 Å². The van der Waals surface area contributed by atoms with Gasteiger partial charge in [0.15, 0.2) is 0 Å². The second kappa shape index (κ2) is 6.55. The Morgan fingerprint density at radius 3 is 2.60 bits per heavy atom. The predicted octanol–water partition coefficient (Wildman–Crippen LogP) is 3.48. The number of carboxylic acid groups (broad SMARTS) is 1. The van der Waals surface area contributed by atoms with Gasteiger partial charge in [-0.2, -0.15) is 0 Å². The maximum absolute atomic E-state index is 11.3. The summed E-state index contributed by atoms with van der Waals surface area (Å²) in [6, 6.07) is 3.29. The third kappa shape index (κ3) is 4.37. The van der Waals surface area contributed by atoms with Crippen molar-refractivity contribution in [2.75, 3.05) is 18.5 Å². The molecule has 4 heteroatoms. The van der Waals surface area contributed by atoms with E-state index in [-0.39, 0.29) is 11.0 Å². The Labute approximate surface area is 121 Å². The summed E-state index contributed by atoms with van der Waals surface area (Å²) in [5.41, 5.74) is 0.904. The zero-order valence-electron chi connectivity index (χ0n) is 12.8. The molecule has 1 N–H and O–H groups in total. The van der Waals surface area contributed by atoms with Crippen molar-refractivity contribution < 1.29 is 9.90 Å². The summed E-state index contributed by atoms with van der Waals surface area (Å²) in [6.45, 7) is 10.6. The zero-order chi connectivity index (χ0) is 15.3. The van der Waals surface area contributed by atoms with Gasteiger partial charge in [0.1, 0.15) is 5.82 Å². The summed E-state index contributed by atoms with van der Waals surface area (Å²) in [7, 11) is 1.93. The largest absolute Gasteiger partial charge is 0.478 e. The average Bonchev–Trinajstić information content (AvgIpc) is 2.37. The summed E-state index contributed by atoms with van der Waals surface area (Å²) in [5, 5.41) is 9.24. The van der Waals surface area contributed by atoms with Crippen molar-refractivity contribution in [3.05, 3.63) is 36.0 Å². The number of nitrogens with zero attached hydrogens (tertiary/aromatic N) is 2. The minimum Gasteiger partial charge on any atom is -0.478 e. The van der Waals surface area contributed by atoms with E-state index in [1.807, 2.05) is 38.8 Å². The van der Waals surface area contributed by atoms with Crippen LogP contribution in [0.15, 0.2) is 24.8 Å². The van der Waals surface area contributed by atoms with Crippen LogP contribution in [-0.2, 0) is 5.41 Å². The van der Waals surface area contributed by atoms with Crippen LogP contribution in [0.4, 0.5) is 5.82 Å². The molecule has 0 aliphatic rings. The van der Waals surface area contributed by atoms with Crippen molar-refractivity contribution in [3.63, 3.8) is 0 Å². The molecule has 0 unspecified atom stereocenters. The van der Waals surface area contributed by atoms with E-state index >= 15 is 0 Å². The number of anilines is 1. The van der Waals surface area contributed by atoms with Crippen LogP contribution in [-0.4, -0.2) is 29.7 Å². The van der Waals surface area contributed by atoms with Crippen LogP contribution in [0.5, 0.6) is 0 Å². The lowest BCUT2D eigenvalue weighted by atomic mass is 9.90. The first kappa shape index (κ1) is 16.2. The van der Waals surface area contributed by atoms with Gasteiger partial charge in [0.2, 0.25) is 0 Å². The van der Waals surface area contributed by atoms with Crippen molar-refractivity contribution in [1.29, 1.82) is 0 Å². The molecule has 0 bridgehead atoms. The number of pyridine rings is 1. The summed E-state index contributed by atoms with van der Waals surface area (Å²) in [4.78, 5) is 17.8. The molecule has 0 saturated heterocycles. The van der Waals surface area contributed by atoms with Gasteiger partial charge in [-0.05, 0) is 25.0 Å². The Morgan fingerprint density at radius 1 is 1.45 bits per heavy atom. The standard InChI is InChI=1S/C16H24N2O2/c1-6-7-8-9-18(5)14-11-12(15(19)20)10-13(17-14)16(2,3)4/h6,10-11H,1,7-9H2,2-5H3,(H,19,20). The molecule has 4 nitrogen and oxygen atoms in total. The molecular weight excluding hydrogens is 252 g/mol. The van der Waals surface area contributed by atoms with Gasteiger partial charge < -0.3 is 10.0 Å². The van der Waals surface area contributed by atoms with Crippen molar-refractivity contribution in [3.8, 4) is 0 Å². The van der Waals surface area contributed by atoms with Gasteiger partial charge >= 0.3 is 5.97 Å². The fourth-order valence-corrected chi connectivity index (χ4v) is 1.81. The summed E-state index contributed by atoms with van der Waals surface area (Å²) in [5.74, 6) is -0.211. The lowest BCUT2D eigenvalue weighted by Gasteiger charge is -2.23. The molecule has 0 atom stereocenters. The number of unbranched alkanes of at least 4 members (excludes halogenated alkanes) is 1. The van der Waals surface area contributed by atoms with Crippen molar-refractivity contribution in [2.24, 2.45) is 0 Å². The highest BCUT2D eigenvalue weighted by atomic mass is 16.4. The van der Waals surface area contributed by atoms with Crippen LogP contribution in [0.1, 0.15) is 49.7 Å². The van der Waals surface area contributed by atoms with Crippen molar-refractivity contribution in [2.45, 2.75) is 39.0 Å². The van der Waals surface area contributed by atoms with Gasteiger partial charge in [-0.25, -0.2) is 9.78 Å². The molecule has 1 aromatic heterocycles. The number of aromatic nitrogens is 1. The molecule has 1 heterocycles. The lowest BCUT2D eigenvalue weighted by Crippen LogP contribution is -2.23. The molecule has 1 aromatic rings. The van der Waals surface area contributed by atoms with Gasteiger partial charge in [-0.15, -0.1) is 6.58 Å². The molecule has 0 amide bonds.